The Labute approximate surface area is 130 Å². The van der Waals surface area contributed by atoms with E-state index < -0.39 is 5.97 Å². The monoisotopic (exact) mass is 296 g/mol. The summed E-state index contributed by atoms with van der Waals surface area (Å²) in [5.74, 6) is -0.678. The Balaban J connectivity index is 1.90. The summed E-state index contributed by atoms with van der Waals surface area (Å²) in [6.07, 6.45) is 5.43. The van der Waals surface area contributed by atoms with Crippen LogP contribution in [0.25, 0.3) is 10.8 Å². The van der Waals surface area contributed by atoms with Crippen molar-refractivity contribution in [2.75, 3.05) is 6.61 Å². The van der Waals surface area contributed by atoms with Crippen LogP contribution in [0.1, 0.15) is 36.5 Å². The van der Waals surface area contributed by atoms with Crippen LogP contribution in [0.5, 0.6) is 0 Å². The Morgan fingerprint density at radius 2 is 1.82 bits per heavy atom. The van der Waals surface area contributed by atoms with Crippen molar-refractivity contribution >= 4 is 22.5 Å². The van der Waals surface area contributed by atoms with Crippen molar-refractivity contribution in [2.45, 2.75) is 26.2 Å². The maximum Gasteiger partial charge on any atom is 0.313 e. The average Bonchev–Trinajstić information content (AvgIpc) is 2.54. The average molecular weight is 296 g/mol. The number of carbonyl (C=O) groups is 2. The molecule has 0 radical (unpaired) electrons. The molecule has 0 atom stereocenters. The van der Waals surface area contributed by atoms with Gasteiger partial charge >= 0.3 is 5.97 Å². The molecule has 0 aliphatic heterocycles. The first-order valence-corrected chi connectivity index (χ1v) is 7.53. The Bertz CT molecular complexity index is 686. The summed E-state index contributed by atoms with van der Waals surface area (Å²) < 4.78 is 5.06. The van der Waals surface area contributed by atoms with Gasteiger partial charge in [0.15, 0.2) is 5.78 Å². The summed E-state index contributed by atoms with van der Waals surface area (Å²) >= 11 is 0. The summed E-state index contributed by atoms with van der Waals surface area (Å²) in [7, 11) is 0. The molecule has 0 fully saturated rings. The highest BCUT2D eigenvalue weighted by atomic mass is 16.5. The molecular weight excluding hydrogens is 276 g/mol. The van der Waals surface area contributed by atoms with Crippen LogP contribution >= 0.6 is 0 Å². The van der Waals surface area contributed by atoms with Gasteiger partial charge in [-0.3, -0.25) is 9.59 Å². The van der Waals surface area contributed by atoms with Gasteiger partial charge in [-0.2, -0.15) is 0 Å². The Kier molecular flexibility index (Phi) is 5.90. The van der Waals surface area contributed by atoms with E-state index in [0.29, 0.717) is 18.6 Å². The first-order valence-electron chi connectivity index (χ1n) is 7.53. The third-order valence-electron chi connectivity index (χ3n) is 3.33. The molecule has 3 nitrogen and oxygen atoms in total. The first-order chi connectivity index (χ1) is 10.7. The molecule has 0 unspecified atom stereocenters. The van der Waals surface area contributed by atoms with Gasteiger partial charge in [0.25, 0.3) is 0 Å². The highest BCUT2D eigenvalue weighted by Gasteiger charge is 2.13. The maximum absolute atomic E-state index is 12.1. The number of hydrogen-bond donors (Lipinski definition) is 0. The van der Waals surface area contributed by atoms with Crippen molar-refractivity contribution in [1.29, 1.82) is 0 Å². The van der Waals surface area contributed by atoms with Gasteiger partial charge in [0.05, 0.1) is 6.61 Å². The number of fused-ring (bicyclic) bond motifs is 1. The zero-order valence-corrected chi connectivity index (χ0v) is 12.7. The van der Waals surface area contributed by atoms with Crippen LogP contribution in [-0.2, 0) is 9.53 Å². The van der Waals surface area contributed by atoms with Gasteiger partial charge in [-0.05, 0) is 29.7 Å². The summed E-state index contributed by atoms with van der Waals surface area (Å²) in [4.78, 5) is 23.8. The Morgan fingerprint density at radius 3 is 2.59 bits per heavy atom. The minimum atomic E-state index is -0.469. The van der Waals surface area contributed by atoms with Crippen molar-refractivity contribution in [1.82, 2.24) is 0 Å². The SMILES string of the molecule is CCC=CCCOC(=O)CC(=O)c1ccc2ccccc2c1. The van der Waals surface area contributed by atoms with Crippen molar-refractivity contribution in [3.05, 3.63) is 60.2 Å². The van der Waals surface area contributed by atoms with E-state index in [-0.39, 0.29) is 12.2 Å². The van der Waals surface area contributed by atoms with Crippen molar-refractivity contribution in [3.8, 4) is 0 Å². The molecule has 0 saturated carbocycles. The number of esters is 1. The summed E-state index contributed by atoms with van der Waals surface area (Å²) in [5.41, 5.74) is 0.543. The van der Waals surface area contributed by atoms with Crippen LogP contribution in [0, 0.1) is 0 Å². The molecule has 22 heavy (non-hydrogen) atoms. The second kappa shape index (κ2) is 8.13. The Hall–Kier alpha value is -2.42. The third kappa shape index (κ3) is 4.55. The van der Waals surface area contributed by atoms with E-state index in [1.165, 1.54) is 0 Å². The predicted octanol–water partition coefficient (Wildman–Crippen LogP) is 4.31. The van der Waals surface area contributed by atoms with Crippen LogP contribution in [-0.4, -0.2) is 18.4 Å². The van der Waals surface area contributed by atoms with E-state index >= 15 is 0 Å². The predicted molar refractivity (Wildman–Crippen MR) is 87.9 cm³/mol. The fraction of sp³-hybridized carbons (Fsp3) is 0.263. The van der Waals surface area contributed by atoms with E-state index in [1.54, 1.807) is 6.07 Å². The van der Waals surface area contributed by atoms with Crippen LogP contribution in [0.3, 0.4) is 0 Å². The second-order valence-corrected chi connectivity index (χ2v) is 5.05. The number of allylic oxidation sites excluding steroid dienone is 1. The molecule has 114 valence electrons. The van der Waals surface area contributed by atoms with E-state index in [4.69, 9.17) is 4.74 Å². The van der Waals surface area contributed by atoms with E-state index in [0.717, 1.165) is 17.2 Å². The smallest absolute Gasteiger partial charge is 0.313 e. The number of ether oxygens (including phenoxy) is 1. The minimum Gasteiger partial charge on any atom is -0.465 e. The van der Waals surface area contributed by atoms with Gasteiger partial charge in [-0.15, -0.1) is 0 Å². The molecule has 2 aromatic rings. The fourth-order valence-corrected chi connectivity index (χ4v) is 2.17. The zero-order chi connectivity index (χ0) is 15.8. The molecule has 2 aromatic carbocycles. The van der Waals surface area contributed by atoms with Gasteiger partial charge in [-0.1, -0.05) is 55.5 Å². The number of ketones is 1. The summed E-state index contributed by atoms with van der Waals surface area (Å²) in [6, 6.07) is 13.3. The number of carbonyl (C=O) groups excluding carboxylic acids is 2. The molecule has 0 N–H and O–H groups in total. The van der Waals surface area contributed by atoms with E-state index in [1.807, 2.05) is 55.5 Å². The van der Waals surface area contributed by atoms with Gasteiger partial charge in [0.1, 0.15) is 6.42 Å². The molecule has 0 saturated heterocycles. The van der Waals surface area contributed by atoms with Crippen LogP contribution in [0.15, 0.2) is 54.6 Å². The van der Waals surface area contributed by atoms with Crippen LogP contribution in [0.2, 0.25) is 0 Å². The molecular formula is C19H20O3. The molecule has 2 rings (SSSR count). The van der Waals surface area contributed by atoms with E-state index in [2.05, 4.69) is 0 Å². The molecule has 0 heterocycles. The maximum atomic E-state index is 12.1. The molecule has 0 aromatic heterocycles. The molecule has 0 spiro atoms. The minimum absolute atomic E-state index is 0.208. The zero-order valence-electron chi connectivity index (χ0n) is 12.7. The highest BCUT2D eigenvalue weighted by molar-refractivity contribution is 6.07. The molecule has 3 heteroatoms. The van der Waals surface area contributed by atoms with Crippen molar-refractivity contribution in [3.63, 3.8) is 0 Å². The molecule has 0 amide bonds. The quantitative estimate of drug-likeness (QED) is 0.251. The number of benzene rings is 2. The van der Waals surface area contributed by atoms with E-state index in [9.17, 15) is 9.59 Å². The van der Waals surface area contributed by atoms with Gasteiger partial charge in [-0.25, -0.2) is 0 Å². The lowest BCUT2D eigenvalue weighted by atomic mass is 10.0. The van der Waals surface area contributed by atoms with Crippen LogP contribution in [0.4, 0.5) is 0 Å². The van der Waals surface area contributed by atoms with Crippen LogP contribution < -0.4 is 0 Å². The number of hydrogen-bond acceptors (Lipinski definition) is 3. The fourth-order valence-electron chi connectivity index (χ4n) is 2.17. The van der Waals surface area contributed by atoms with Gasteiger partial charge in [0, 0.05) is 5.56 Å². The summed E-state index contributed by atoms with van der Waals surface area (Å²) in [6.45, 7) is 2.37. The number of rotatable bonds is 7. The van der Waals surface area contributed by atoms with Crippen molar-refractivity contribution < 1.29 is 14.3 Å². The van der Waals surface area contributed by atoms with Crippen molar-refractivity contribution in [2.24, 2.45) is 0 Å². The third-order valence-corrected chi connectivity index (χ3v) is 3.33. The normalized spacial score (nSPS) is 11.0. The second-order valence-electron chi connectivity index (χ2n) is 5.05. The lowest BCUT2D eigenvalue weighted by molar-refractivity contribution is -0.142. The lowest BCUT2D eigenvalue weighted by Crippen LogP contribution is -2.12. The standard InChI is InChI=1S/C19H20O3/c1-2-3-4-7-12-22-19(21)14-18(20)17-11-10-15-8-5-6-9-16(15)13-17/h3-6,8-11,13H,2,7,12,14H2,1H3. The van der Waals surface area contributed by atoms with Gasteiger partial charge < -0.3 is 4.74 Å². The largest absolute Gasteiger partial charge is 0.465 e. The Morgan fingerprint density at radius 1 is 1.05 bits per heavy atom. The molecule has 0 aliphatic rings. The molecule has 0 bridgehead atoms. The summed E-state index contributed by atoms with van der Waals surface area (Å²) in [5, 5.41) is 2.07. The molecule has 0 aliphatic carbocycles. The highest BCUT2D eigenvalue weighted by Crippen LogP contribution is 2.16. The topological polar surface area (TPSA) is 43.4 Å². The lowest BCUT2D eigenvalue weighted by Gasteiger charge is -2.04. The van der Waals surface area contributed by atoms with Gasteiger partial charge in [0.2, 0.25) is 0 Å². The number of Topliss-reactive ketones (excluding diaryl/α,β-unsaturated/α-hetero) is 1. The first kappa shape index (κ1) is 16.0.